The number of carbonyl (C=O) groups excluding carboxylic acids is 2. The molecule has 1 aliphatic rings. The molecule has 0 aromatic heterocycles. The molecule has 2 rings (SSSR count). The van der Waals surface area contributed by atoms with Crippen LogP contribution in [-0.2, 0) is 4.79 Å². The molecule has 2 atom stereocenters. The first-order valence-corrected chi connectivity index (χ1v) is 8.12. The quantitative estimate of drug-likeness (QED) is 0.613. The van der Waals surface area contributed by atoms with E-state index in [1.54, 1.807) is 25.1 Å². The van der Waals surface area contributed by atoms with Crippen LogP contribution in [0.25, 0.3) is 0 Å². The van der Waals surface area contributed by atoms with Crippen molar-refractivity contribution in [3.8, 4) is 0 Å². The lowest BCUT2D eigenvalue weighted by atomic mass is 9.99. The summed E-state index contributed by atoms with van der Waals surface area (Å²) in [6, 6.07) is 5.40. The highest BCUT2D eigenvalue weighted by atomic mass is 16.4. The Morgan fingerprint density at radius 2 is 2.00 bits per heavy atom. The highest BCUT2D eigenvalue weighted by molar-refractivity contribution is 5.98. The Hall–Kier alpha value is -2.57. The Morgan fingerprint density at radius 1 is 1.29 bits per heavy atom. The molecular weight excluding hydrogens is 310 g/mol. The first-order chi connectivity index (χ1) is 11.4. The fourth-order valence-electron chi connectivity index (χ4n) is 2.23. The molecule has 7 nitrogen and oxygen atoms in total. The molecular formula is C17H23N3O4. The van der Waals surface area contributed by atoms with Crippen LogP contribution in [0, 0.1) is 5.92 Å². The van der Waals surface area contributed by atoms with Gasteiger partial charge in [-0.2, -0.15) is 0 Å². The van der Waals surface area contributed by atoms with Crippen LogP contribution in [-0.4, -0.2) is 35.1 Å². The molecule has 7 heteroatoms. The predicted molar refractivity (Wildman–Crippen MR) is 90.0 cm³/mol. The maximum absolute atomic E-state index is 12.3. The number of hydrogen-bond acceptors (Lipinski definition) is 3. The van der Waals surface area contributed by atoms with Gasteiger partial charge in [0.1, 0.15) is 6.04 Å². The number of amides is 3. The van der Waals surface area contributed by atoms with Gasteiger partial charge in [-0.3, -0.25) is 4.79 Å². The monoisotopic (exact) mass is 333 g/mol. The van der Waals surface area contributed by atoms with Crippen LogP contribution in [0.1, 0.15) is 43.5 Å². The fraction of sp³-hybridized carbons (Fsp3) is 0.471. The van der Waals surface area contributed by atoms with E-state index in [-0.39, 0.29) is 18.0 Å². The van der Waals surface area contributed by atoms with Crippen molar-refractivity contribution in [2.24, 2.45) is 5.92 Å². The van der Waals surface area contributed by atoms with Gasteiger partial charge in [-0.05, 0) is 37.0 Å². The minimum Gasteiger partial charge on any atom is -0.480 e. The number of benzene rings is 1. The molecule has 0 heterocycles. The van der Waals surface area contributed by atoms with Crippen molar-refractivity contribution in [3.63, 3.8) is 0 Å². The number of carboxylic acid groups (broad SMARTS) is 1. The number of rotatable bonds is 7. The normalized spacial score (nSPS) is 15.9. The summed E-state index contributed by atoms with van der Waals surface area (Å²) in [6.45, 7) is 3.65. The van der Waals surface area contributed by atoms with Crippen LogP contribution in [0.15, 0.2) is 24.3 Å². The van der Waals surface area contributed by atoms with E-state index < -0.39 is 17.9 Å². The van der Waals surface area contributed by atoms with Crippen LogP contribution in [0.5, 0.6) is 0 Å². The number of aliphatic carboxylic acids is 1. The minimum atomic E-state index is -1.06. The summed E-state index contributed by atoms with van der Waals surface area (Å²) in [6.07, 6.45) is 2.62. The summed E-state index contributed by atoms with van der Waals surface area (Å²) in [7, 11) is 0. The predicted octanol–water partition coefficient (Wildman–Crippen LogP) is 2.20. The molecule has 0 bridgehead atoms. The molecule has 130 valence electrons. The molecule has 1 fully saturated rings. The molecule has 1 aromatic carbocycles. The molecule has 0 saturated heterocycles. The lowest BCUT2D eigenvalue weighted by Gasteiger charge is -2.20. The topological polar surface area (TPSA) is 108 Å². The van der Waals surface area contributed by atoms with E-state index in [4.69, 9.17) is 0 Å². The van der Waals surface area contributed by atoms with Gasteiger partial charge in [0.2, 0.25) is 0 Å². The summed E-state index contributed by atoms with van der Waals surface area (Å²) in [5.74, 6) is -1.72. The van der Waals surface area contributed by atoms with Gasteiger partial charge in [-0.15, -0.1) is 0 Å². The number of carboxylic acids is 1. The third kappa shape index (κ3) is 4.97. The van der Waals surface area contributed by atoms with Gasteiger partial charge in [-0.25, -0.2) is 9.59 Å². The number of hydrogen-bond donors (Lipinski definition) is 4. The zero-order chi connectivity index (χ0) is 17.7. The van der Waals surface area contributed by atoms with E-state index in [2.05, 4.69) is 16.0 Å². The second-order valence-corrected chi connectivity index (χ2v) is 6.13. The van der Waals surface area contributed by atoms with Crippen molar-refractivity contribution >= 4 is 23.6 Å². The number of carbonyl (C=O) groups is 3. The molecule has 0 aliphatic heterocycles. The van der Waals surface area contributed by atoms with E-state index in [1.807, 2.05) is 6.92 Å². The Bertz CT molecular complexity index is 628. The van der Waals surface area contributed by atoms with Crippen LogP contribution in [0.3, 0.4) is 0 Å². The highest BCUT2D eigenvalue weighted by Gasteiger charge is 2.26. The van der Waals surface area contributed by atoms with Crippen LogP contribution in [0.4, 0.5) is 10.5 Å². The average molecular weight is 333 g/mol. The van der Waals surface area contributed by atoms with E-state index >= 15 is 0 Å². The number of anilines is 1. The van der Waals surface area contributed by atoms with Gasteiger partial charge in [0.15, 0.2) is 0 Å². The van der Waals surface area contributed by atoms with Gasteiger partial charge < -0.3 is 21.1 Å². The molecule has 2 unspecified atom stereocenters. The Morgan fingerprint density at radius 3 is 2.58 bits per heavy atom. The maximum Gasteiger partial charge on any atom is 0.326 e. The summed E-state index contributed by atoms with van der Waals surface area (Å²) < 4.78 is 0. The van der Waals surface area contributed by atoms with E-state index in [0.29, 0.717) is 17.7 Å². The summed E-state index contributed by atoms with van der Waals surface area (Å²) in [5.41, 5.74) is 0.782. The highest BCUT2D eigenvalue weighted by Crippen LogP contribution is 2.19. The lowest BCUT2D eigenvalue weighted by molar-refractivity contribution is -0.140. The molecule has 0 radical (unpaired) electrons. The maximum atomic E-state index is 12.3. The average Bonchev–Trinajstić information content (AvgIpc) is 3.35. The first kappa shape index (κ1) is 17.8. The SMILES string of the molecule is CCC(C)C(NC(=O)c1cccc(NC(=O)NC2CC2)c1)C(=O)O. The fourth-order valence-corrected chi connectivity index (χ4v) is 2.23. The molecule has 24 heavy (non-hydrogen) atoms. The zero-order valence-corrected chi connectivity index (χ0v) is 13.8. The number of urea groups is 1. The van der Waals surface area contributed by atoms with E-state index in [9.17, 15) is 19.5 Å². The van der Waals surface area contributed by atoms with Gasteiger partial charge >= 0.3 is 12.0 Å². The molecule has 1 aromatic rings. The Labute approximate surface area is 140 Å². The van der Waals surface area contributed by atoms with Gasteiger partial charge in [0, 0.05) is 17.3 Å². The van der Waals surface area contributed by atoms with Crippen molar-refractivity contribution in [2.45, 2.75) is 45.2 Å². The largest absolute Gasteiger partial charge is 0.480 e. The van der Waals surface area contributed by atoms with Crippen molar-refractivity contribution in [2.75, 3.05) is 5.32 Å². The smallest absolute Gasteiger partial charge is 0.326 e. The third-order valence-corrected chi connectivity index (χ3v) is 4.06. The van der Waals surface area contributed by atoms with Crippen LogP contribution >= 0.6 is 0 Å². The molecule has 1 saturated carbocycles. The van der Waals surface area contributed by atoms with E-state index in [1.165, 1.54) is 6.07 Å². The third-order valence-electron chi connectivity index (χ3n) is 4.06. The number of nitrogens with one attached hydrogen (secondary N) is 3. The van der Waals surface area contributed by atoms with Crippen molar-refractivity contribution in [1.82, 2.24) is 10.6 Å². The Balaban J connectivity index is 2.01. The summed E-state index contributed by atoms with van der Waals surface area (Å²) in [4.78, 5) is 35.3. The van der Waals surface area contributed by atoms with Gasteiger partial charge in [0.25, 0.3) is 5.91 Å². The molecule has 1 aliphatic carbocycles. The molecule has 0 spiro atoms. The standard InChI is InChI=1S/C17H23N3O4/c1-3-10(2)14(16(22)23)20-15(21)11-5-4-6-13(9-11)19-17(24)18-12-7-8-12/h4-6,9-10,12,14H,3,7-8H2,1-2H3,(H,20,21)(H,22,23)(H2,18,19,24). The Kier molecular flexibility index (Phi) is 5.78. The van der Waals surface area contributed by atoms with Crippen LogP contribution < -0.4 is 16.0 Å². The van der Waals surface area contributed by atoms with Crippen LogP contribution in [0.2, 0.25) is 0 Å². The van der Waals surface area contributed by atoms with Crippen molar-refractivity contribution < 1.29 is 19.5 Å². The summed E-state index contributed by atoms with van der Waals surface area (Å²) >= 11 is 0. The van der Waals surface area contributed by atoms with E-state index in [0.717, 1.165) is 12.8 Å². The second-order valence-electron chi connectivity index (χ2n) is 6.13. The summed E-state index contributed by atoms with van der Waals surface area (Å²) in [5, 5.41) is 17.3. The lowest BCUT2D eigenvalue weighted by Crippen LogP contribution is -2.45. The van der Waals surface area contributed by atoms with Gasteiger partial charge in [0.05, 0.1) is 0 Å². The second kappa shape index (κ2) is 7.81. The van der Waals surface area contributed by atoms with Crippen molar-refractivity contribution in [1.29, 1.82) is 0 Å². The molecule has 3 amide bonds. The minimum absolute atomic E-state index is 0.183. The van der Waals surface area contributed by atoms with Gasteiger partial charge in [-0.1, -0.05) is 26.3 Å². The van der Waals surface area contributed by atoms with Crippen molar-refractivity contribution in [3.05, 3.63) is 29.8 Å². The molecule has 4 N–H and O–H groups in total. The first-order valence-electron chi connectivity index (χ1n) is 8.12. The zero-order valence-electron chi connectivity index (χ0n) is 13.8.